The molecule has 1 aromatic heterocycles. The number of aryl methyl sites for hydroxylation is 3. The molecule has 0 aliphatic rings. The zero-order chi connectivity index (χ0) is 14.0. The molecule has 0 saturated carbocycles. The van der Waals surface area contributed by atoms with Gasteiger partial charge in [0.05, 0.1) is 17.1 Å². The van der Waals surface area contributed by atoms with E-state index >= 15 is 0 Å². The first-order chi connectivity index (χ1) is 9.02. The Morgan fingerprint density at radius 3 is 2.53 bits per heavy atom. The fourth-order valence-electron chi connectivity index (χ4n) is 2.01. The standard InChI is InChI=1S/C14H18N4O/c1-8-7-11(5-6-12(8)15-4)14(19)16-13-9(2)17-18-10(13)3/h5-7,15H,1-4H3,(H,16,19)(H,17,18). The van der Waals surface area contributed by atoms with E-state index in [0.717, 1.165) is 28.3 Å². The molecule has 5 heteroatoms. The van der Waals surface area contributed by atoms with Gasteiger partial charge >= 0.3 is 0 Å². The number of hydrogen-bond acceptors (Lipinski definition) is 3. The number of nitrogens with one attached hydrogen (secondary N) is 3. The average Bonchev–Trinajstić information content (AvgIpc) is 2.70. The van der Waals surface area contributed by atoms with Crippen molar-refractivity contribution in [1.29, 1.82) is 0 Å². The van der Waals surface area contributed by atoms with Crippen molar-refractivity contribution >= 4 is 17.3 Å². The molecule has 0 spiro atoms. The summed E-state index contributed by atoms with van der Waals surface area (Å²) in [5, 5.41) is 12.9. The Balaban J connectivity index is 2.23. The van der Waals surface area contributed by atoms with Crippen molar-refractivity contribution in [2.75, 3.05) is 17.7 Å². The number of amides is 1. The number of carbonyl (C=O) groups excluding carboxylic acids is 1. The lowest BCUT2D eigenvalue weighted by Crippen LogP contribution is -2.13. The summed E-state index contributed by atoms with van der Waals surface area (Å²) < 4.78 is 0. The molecule has 5 nitrogen and oxygen atoms in total. The van der Waals surface area contributed by atoms with Crippen molar-refractivity contribution in [3.8, 4) is 0 Å². The molecule has 0 atom stereocenters. The minimum atomic E-state index is -0.127. The second-order valence-corrected chi connectivity index (χ2v) is 4.54. The molecule has 0 saturated heterocycles. The number of carbonyl (C=O) groups is 1. The van der Waals surface area contributed by atoms with Crippen molar-refractivity contribution in [2.45, 2.75) is 20.8 Å². The van der Waals surface area contributed by atoms with Crippen molar-refractivity contribution in [3.05, 3.63) is 40.7 Å². The monoisotopic (exact) mass is 258 g/mol. The van der Waals surface area contributed by atoms with Gasteiger partial charge in [0.25, 0.3) is 5.91 Å². The van der Waals surface area contributed by atoms with Gasteiger partial charge in [-0.1, -0.05) is 0 Å². The van der Waals surface area contributed by atoms with E-state index in [9.17, 15) is 4.79 Å². The van der Waals surface area contributed by atoms with E-state index in [-0.39, 0.29) is 5.91 Å². The highest BCUT2D eigenvalue weighted by Crippen LogP contribution is 2.19. The summed E-state index contributed by atoms with van der Waals surface area (Å²) in [6.45, 7) is 5.70. The van der Waals surface area contributed by atoms with Gasteiger partial charge in [0.15, 0.2) is 0 Å². The van der Waals surface area contributed by atoms with E-state index in [0.29, 0.717) is 5.56 Å². The minimum absolute atomic E-state index is 0.127. The fourth-order valence-corrected chi connectivity index (χ4v) is 2.01. The molecule has 0 aliphatic heterocycles. The maximum Gasteiger partial charge on any atom is 0.255 e. The van der Waals surface area contributed by atoms with Crippen LogP contribution >= 0.6 is 0 Å². The van der Waals surface area contributed by atoms with Gasteiger partial charge in [0.1, 0.15) is 0 Å². The summed E-state index contributed by atoms with van der Waals surface area (Å²) in [6, 6.07) is 5.57. The number of nitrogens with zero attached hydrogens (tertiary/aromatic N) is 1. The number of benzene rings is 1. The quantitative estimate of drug-likeness (QED) is 0.792. The zero-order valence-corrected chi connectivity index (χ0v) is 11.6. The number of aromatic nitrogens is 2. The van der Waals surface area contributed by atoms with Crippen LogP contribution in [0.1, 0.15) is 27.3 Å². The molecule has 1 aromatic carbocycles. The van der Waals surface area contributed by atoms with Crippen molar-refractivity contribution < 1.29 is 4.79 Å². The van der Waals surface area contributed by atoms with E-state index in [2.05, 4.69) is 20.8 Å². The molecule has 0 fully saturated rings. The summed E-state index contributed by atoms with van der Waals surface area (Å²) in [4.78, 5) is 12.2. The third kappa shape index (κ3) is 2.59. The van der Waals surface area contributed by atoms with Crippen LogP contribution in [0, 0.1) is 20.8 Å². The lowest BCUT2D eigenvalue weighted by molar-refractivity contribution is 0.102. The highest BCUT2D eigenvalue weighted by Gasteiger charge is 2.12. The van der Waals surface area contributed by atoms with Crippen LogP contribution in [0.2, 0.25) is 0 Å². The number of H-pyrrole nitrogens is 1. The highest BCUT2D eigenvalue weighted by molar-refractivity contribution is 6.05. The second kappa shape index (κ2) is 5.14. The molecule has 0 bridgehead atoms. The van der Waals surface area contributed by atoms with E-state index in [1.807, 2.05) is 40.0 Å². The van der Waals surface area contributed by atoms with Gasteiger partial charge in [-0.2, -0.15) is 5.10 Å². The Morgan fingerprint density at radius 2 is 2.00 bits per heavy atom. The molecule has 100 valence electrons. The molecule has 0 aliphatic carbocycles. The second-order valence-electron chi connectivity index (χ2n) is 4.54. The third-order valence-corrected chi connectivity index (χ3v) is 3.12. The Bertz CT molecular complexity index is 596. The van der Waals surface area contributed by atoms with Crippen molar-refractivity contribution in [2.24, 2.45) is 0 Å². The van der Waals surface area contributed by atoms with Crippen LogP contribution in [0.4, 0.5) is 11.4 Å². The lowest BCUT2D eigenvalue weighted by Gasteiger charge is -2.09. The summed E-state index contributed by atoms with van der Waals surface area (Å²) in [7, 11) is 1.86. The third-order valence-electron chi connectivity index (χ3n) is 3.12. The maximum atomic E-state index is 12.2. The number of aromatic amines is 1. The fraction of sp³-hybridized carbons (Fsp3) is 0.286. The van der Waals surface area contributed by atoms with Crippen molar-refractivity contribution in [3.63, 3.8) is 0 Å². The van der Waals surface area contributed by atoms with E-state index in [1.54, 1.807) is 6.07 Å². The molecule has 19 heavy (non-hydrogen) atoms. The Kier molecular flexibility index (Phi) is 3.55. The molecule has 0 radical (unpaired) electrons. The normalized spacial score (nSPS) is 10.3. The Morgan fingerprint density at radius 1 is 1.26 bits per heavy atom. The summed E-state index contributed by atoms with van der Waals surface area (Å²) in [6.07, 6.45) is 0. The molecule has 2 rings (SSSR count). The topological polar surface area (TPSA) is 69.8 Å². The van der Waals surface area contributed by atoms with E-state index in [1.165, 1.54) is 0 Å². The lowest BCUT2D eigenvalue weighted by atomic mass is 10.1. The van der Waals surface area contributed by atoms with Crippen LogP contribution in [0.15, 0.2) is 18.2 Å². The molecule has 2 aromatic rings. The predicted molar refractivity (Wildman–Crippen MR) is 76.7 cm³/mol. The molecule has 3 N–H and O–H groups in total. The summed E-state index contributed by atoms with van der Waals surface area (Å²) >= 11 is 0. The summed E-state index contributed by atoms with van der Waals surface area (Å²) in [5.74, 6) is -0.127. The van der Waals surface area contributed by atoms with E-state index in [4.69, 9.17) is 0 Å². The molecule has 1 amide bonds. The van der Waals surface area contributed by atoms with Crippen LogP contribution in [0.25, 0.3) is 0 Å². The molecule has 0 unspecified atom stereocenters. The Labute approximate surface area is 112 Å². The van der Waals surface area contributed by atoms with Crippen LogP contribution in [0.5, 0.6) is 0 Å². The van der Waals surface area contributed by atoms with Gasteiger partial charge in [0, 0.05) is 18.3 Å². The van der Waals surface area contributed by atoms with Crippen LogP contribution in [-0.2, 0) is 0 Å². The van der Waals surface area contributed by atoms with Gasteiger partial charge in [-0.05, 0) is 44.5 Å². The minimum Gasteiger partial charge on any atom is -0.388 e. The highest BCUT2D eigenvalue weighted by atomic mass is 16.1. The first-order valence-corrected chi connectivity index (χ1v) is 6.14. The van der Waals surface area contributed by atoms with Crippen molar-refractivity contribution in [1.82, 2.24) is 10.2 Å². The first-order valence-electron chi connectivity index (χ1n) is 6.14. The molecular formula is C14H18N4O. The van der Waals surface area contributed by atoms with Gasteiger partial charge in [-0.3, -0.25) is 9.89 Å². The largest absolute Gasteiger partial charge is 0.388 e. The number of anilines is 2. The number of rotatable bonds is 3. The molecular weight excluding hydrogens is 240 g/mol. The summed E-state index contributed by atoms with van der Waals surface area (Å²) in [5.41, 5.74) is 5.09. The van der Waals surface area contributed by atoms with Crippen LogP contribution < -0.4 is 10.6 Å². The van der Waals surface area contributed by atoms with E-state index < -0.39 is 0 Å². The van der Waals surface area contributed by atoms with Gasteiger partial charge in [-0.25, -0.2) is 0 Å². The smallest absolute Gasteiger partial charge is 0.255 e. The average molecular weight is 258 g/mol. The first kappa shape index (κ1) is 13.1. The predicted octanol–water partition coefficient (Wildman–Crippen LogP) is 2.63. The maximum absolute atomic E-state index is 12.2. The SMILES string of the molecule is CNc1ccc(C(=O)Nc2c(C)n[nH]c2C)cc1C. The number of hydrogen-bond donors (Lipinski definition) is 3. The Hall–Kier alpha value is -2.30. The van der Waals surface area contributed by atoms with Gasteiger partial charge in [-0.15, -0.1) is 0 Å². The molecule has 1 heterocycles. The van der Waals surface area contributed by atoms with Gasteiger partial charge in [0.2, 0.25) is 0 Å². The van der Waals surface area contributed by atoms with Gasteiger partial charge < -0.3 is 10.6 Å². The van der Waals surface area contributed by atoms with Crippen LogP contribution in [0.3, 0.4) is 0 Å². The van der Waals surface area contributed by atoms with Crippen LogP contribution in [-0.4, -0.2) is 23.2 Å². The zero-order valence-electron chi connectivity index (χ0n) is 11.6.